The second-order valence-corrected chi connectivity index (χ2v) is 2.26. The summed E-state index contributed by atoms with van der Waals surface area (Å²) in [5.41, 5.74) is 0. The van der Waals surface area contributed by atoms with Crippen LogP contribution in [-0.4, -0.2) is 41.1 Å². The number of carbonyl (C=O) groups excluding carboxylic acids is 4. The van der Waals surface area contributed by atoms with Crippen LogP contribution in [0.5, 0.6) is 0 Å². The van der Waals surface area contributed by atoms with Crippen molar-refractivity contribution in [3.63, 3.8) is 0 Å². The summed E-state index contributed by atoms with van der Waals surface area (Å²) < 4.78 is 0. The fourth-order valence-corrected chi connectivity index (χ4v) is 0.781. The number of hydrogen-bond acceptors (Lipinski definition) is 4. The molecule has 1 aliphatic heterocycles. The van der Waals surface area contributed by atoms with Gasteiger partial charge in [-0.05, 0) is 0 Å². The zero-order chi connectivity index (χ0) is 9.14. The predicted molar refractivity (Wildman–Crippen MR) is 35.3 cm³/mol. The molecule has 0 radical (unpaired) electrons. The number of amides is 4. The Hall–Kier alpha value is -1.72. The van der Waals surface area contributed by atoms with Gasteiger partial charge in [-0.15, -0.1) is 0 Å². The molecular weight excluding hydrogens is 164 g/mol. The zero-order valence-electron chi connectivity index (χ0n) is 6.10. The van der Waals surface area contributed by atoms with Gasteiger partial charge in [0, 0.05) is 0 Å². The van der Waals surface area contributed by atoms with Gasteiger partial charge in [0.2, 0.25) is 24.6 Å². The van der Waals surface area contributed by atoms with Gasteiger partial charge in [0.1, 0.15) is 13.1 Å². The van der Waals surface area contributed by atoms with Gasteiger partial charge in [0.05, 0.1) is 0 Å². The first-order valence-corrected chi connectivity index (χ1v) is 3.18. The third-order valence-corrected chi connectivity index (χ3v) is 1.48. The van der Waals surface area contributed by atoms with Crippen molar-refractivity contribution in [2.75, 3.05) is 6.67 Å². The summed E-state index contributed by atoms with van der Waals surface area (Å²) in [7, 11) is 0. The monoisotopic (exact) mass is 170 g/mol. The van der Waals surface area contributed by atoms with E-state index in [4.69, 9.17) is 0 Å². The number of hydrogen-bond donors (Lipinski definition) is 0. The van der Waals surface area contributed by atoms with E-state index < -0.39 is 0 Å². The summed E-state index contributed by atoms with van der Waals surface area (Å²) in [4.78, 5) is 43.0. The Bertz CT molecular complexity index is 228. The molecule has 0 bridgehead atoms. The minimum Gasteiger partial charge on any atom is -0.278 e. The smallest absolute Gasteiger partial charge is 0.240 e. The van der Waals surface area contributed by atoms with Crippen molar-refractivity contribution in [1.29, 1.82) is 0 Å². The number of carbonyl (C=O) groups is 4. The van der Waals surface area contributed by atoms with Gasteiger partial charge in [-0.2, -0.15) is 0 Å². The van der Waals surface area contributed by atoms with Gasteiger partial charge in [-0.25, -0.2) is 0 Å². The van der Waals surface area contributed by atoms with Crippen molar-refractivity contribution in [2.24, 2.45) is 0 Å². The van der Waals surface area contributed by atoms with E-state index >= 15 is 0 Å². The van der Waals surface area contributed by atoms with Crippen LogP contribution in [-0.2, 0) is 19.2 Å². The van der Waals surface area contributed by atoms with Crippen LogP contribution in [0.4, 0.5) is 0 Å². The van der Waals surface area contributed by atoms with Crippen LogP contribution >= 0.6 is 0 Å². The molecule has 1 rings (SSSR count). The Morgan fingerprint density at radius 2 is 1.75 bits per heavy atom. The molecule has 0 saturated carbocycles. The van der Waals surface area contributed by atoms with Crippen LogP contribution in [0.3, 0.4) is 0 Å². The SMILES string of the molecule is O=CN(C=O)CN1C(=O)CC1=O. The average molecular weight is 170 g/mol. The molecule has 0 aromatic rings. The van der Waals surface area contributed by atoms with Crippen LogP contribution < -0.4 is 0 Å². The lowest BCUT2D eigenvalue weighted by Crippen LogP contribution is -2.53. The lowest BCUT2D eigenvalue weighted by atomic mass is 10.2. The first-order chi connectivity index (χ1) is 5.69. The molecule has 1 saturated heterocycles. The van der Waals surface area contributed by atoms with Crippen LogP contribution in [0.25, 0.3) is 0 Å². The number of rotatable bonds is 4. The third kappa shape index (κ3) is 1.31. The van der Waals surface area contributed by atoms with Crippen molar-refractivity contribution in [2.45, 2.75) is 6.42 Å². The molecule has 1 fully saturated rings. The summed E-state index contributed by atoms with van der Waals surface area (Å²) in [6, 6.07) is 0. The first-order valence-electron chi connectivity index (χ1n) is 3.18. The fourth-order valence-electron chi connectivity index (χ4n) is 0.781. The molecule has 4 amide bonds. The molecule has 0 aromatic heterocycles. The maximum atomic E-state index is 10.7. The molecule has 6 heteroatoms. The van der Waals surface area contributed by atoms with Crippen molar-refractivity contribution in [3.8, 4) is 0 Å². The van der Waals surface area contributed by atoms with E-state index in [0.29, 0.717) is 4.90 Å². The van der Waals surface area contributed by atoms with Crippen LogP contribution in [0.15, 0.2) is 0 Å². The Morgan fingerprint density at radius 3 is 2.08 bits per heavy atom. The number of nitrogens with zero attached hydrogens (tertiary/aromatic N) is 2. The van der Waals surface area contributed by atoms with Crippen molar-refractivity contribution in [3.05, 3.63) is 0 Å². The fraction of sp³-hybridized carbons (Fsp3) is 0.333. The van der Waals surface area contributed by atoms with E-state index in [9.17, 15) is 19.2 Å². The standard InChI is InChI=1S/C6H6N2O4/c9-3-7(4-10)2-8-5(11)1-6(8)12/h3-4H,1-2H2. The second kappa shape index (κ2) is 3.12. The normalized spacial score (nSPS) is 15.5. The predicted octanol–water partition coefficient (Wildman–Crippen LogP) is -1.68. The molecule has 0 aromatic carbocycles. The maximum Gasteiger partial charge on any atom is 0.240 e. The van der Waals surface area contributed by atoms with Crippen LogP contribution in [0, 0.1) is 0 Å². The molecule has 64 valence electrons. The topological polar surface area (TPSA) is 74.8 Å². The summed E-state index contributed by atoms with van der Waals surface area (Å²) >= 11 is 0. The second-order valence-electron chi connectivity index (χ2n) is 2.26. The highest BCUT2D eigenvalue weighted by atomic mass is 16.2. The van der Waals surface area contributed by atoms with Gasteiger partial charge < -0.3 is 0 Å². The zero-order valence-corrected chi connectivity index (χ0v) is 6.10. The van der Waals surface area contributed by atoms with E-state index in [2.05, 4.69) is 0 Å². The Kier molecular flexibility index (Phi) is 2.18. The number of imide groups is 2. The number of likely N-dealkylation sites (tertiary alicyclic amines) is 1. The summed E-state index contributed by atoms with van der Waals surface area (Å²) in [6.07, 6.45) is 0.378. The minimum atomic E-state index is -0.367. The molecule has 0 N–H and O–H groups in total. The Labute approximate surface area is 67.7 Å². The Balaban J connectivity index is 2.49. The third-order valence-electron chi connectivity index (χ3n) is 1.48. The lowest BCUT2D eigenvalue weighted by Gasteiger charge is -2.29. The van der Waals surface area contributed by atoms with Crippen LogP contribution in [0.1, 0.15) is 6.42 Å². The minimum absolute atomic E-state index is 0.133. The highest BCUT2D eigenvalue weighted by molar-refractivity contribution is 6.14. The summed E-state index contributed by atoms with van der Waals surface area (Å²) in [5.74, 6) is -0.734. The molecular formula is C6H6N2O4. The van der Waals surface area contributed by atoms with Crippen molar-refractivity contribution in [1.82, 2.24) is 9.80 Å². The van der Waals surface area contributed by atoms with E-state index in [1.807, 2.05) is 0 Å². The molecule has 0 spiro atoms. The quantitative estimate of drug-likeness (QED) is 0.287. The van der Waals surface area contributed by atoms with Gasteiger partial charge in [-0.1, -0.05) is 0 Å². The summed E-state index contributed by atoms with van der Waals surface area (Å²) in [6.45, 7) is -0.273. The largest absolute Gasteiger partial charge is 0.278 e. The van der Waals surface area contributed by atoms with Gasteiger partial charge in [0.25, 0.3) is 0 Å². The maximum absolute atomic E-state index is 10.7. The lowest BCUT2D eigenvalue weighted by molar-refractivity contribution is -0.160. The highest BCUT2D eigenvalue weighted by Crippen LogP contribution is 2.09. The number of β-lactam (4-membered cyclic amide) rings is 2. The molecule has 0 aliphatic carbocycles. The van der Waals surface area contributed by atoms with E-state index in [1.54, 1.807) is 0 Å². The Morgan fingerprint density at radius 1 is 1.25 bits per heavy atom. The molecule has 0 unspecified atom stereocenters. The molecule has 6 nitrogen and oxygen atoms in total. The van der Waals surface area contributed by atoms with Crippen molar-refractivity contribution >= 4 is 24.6 Å². The molecule has 1 aliphatic rings. The molecule has 1 heterocycles. The van der Waals surface area contributed by atoms with Gasteiger partial charge in [-0.3, -0.25) is 29.0 Å². The van der Waals surface area contributed by atoms with E-state index in [1.165, 1.54) is 0 Å². The summed E-state index contributed by atoms with van der Waals surface area (Å²) in [5, 5.41) is 0. The first kappa shape index (κ1) is 8.38. The molecule has 0 atom stereocenters. The molecule has 12 heavy (non-hydrogen) atoms. The van der Waals surface area contributed by atoms with Crippen LogP contribution in [0.2, 0.25) is 0 Å². The average Bonchev–Trinajstić information content (AvgIpc) is 2.06. The highest BCUT2D eigenvalue weighted by Gasteiger charge is 2.34. The van der Waals surface area contributed by atoms with E-state index in [0.717, 1.165) is 4.90 Å². The van der Waals surface area contributed by atoms with Crippen molar-refractivity contribution < 1.29 is 19.2 Å². The van der Waals surface area contributed by atoms with E-state index in [-0.39, 0.29) is 37.7 Å². The van der Waals surface area contributed by atoms with Gasteiger partial charge >= 0.3 is 0 Å². The van der Waals surface area contributed by atoms with Gasteiger partial charge in [0.15, 0.2) is 0 Å².